The van der Waals surface area contributed by atoms with E-state index in [4.69, 9.17) is 4.52 Å². The quantitative estimate of drug-likeness (QED) is 0.334. The summed E-state index contributed by atoms with van der Waals surface area (Å²) in [5.41, 5.74) is 4.42. The van der Waals surface area contributed by atoms with Crippen molar-refractivity contribution in [3.05, 3.63) is 108 Å². The highest BCUT2D eigenvalue weighted by Gasteiger charge is 2.30. The van der Waals surface area contributed by atoms with Gasteiger partial charge in [0.1, 0.15) is 0 Å². The van der Waals surface area contributed by atoms with E-state index in [-0.39, 0.29) is 11.8 Å². The molecule has 6 heteroatoms. The summed E-state index contributed by atoms with van der Waals surface area (Å²) in [6.07, 6.45) is 1.87. The van der Waals surface area contributed by atoms with Crippen LogP contribution in [-0.2, 0) is 24.4 Å². The maximum absolute atomic E-state index is 13.8. The first kappa shape index (κ1) is 23.9. The van der Waals surface area contributed by atoms with Crippen LogP contribution in [0.25, 0.3) is 11.4 Å². The molecule has 0 spiro atoms. The Kier molecular flexibility index (Phi) is 7.52. The topological polar surface area (TPSA) is 62.5 Å². The number of piperidine rings is 1. The molecule has 1 saturated heterocycles. The average molecular weight is 481 g/mol. The summed E-state index contributed by atoms with van der Waals surface area (Å²) in [6.45, 7) is 5.44. The van der Waals surface area contributed by atoms with Crippen LogP contribution in [0.5, 0.6) is 0 Å². The molecule has 184 valence electrons. The molecule has 0 bridgehead atoms. The predicted octanol–water partition coefficient (Wildman–Crippen LogP) is 5.49. The van der Waals surface area contributed by atoms with Crippen LogP contribution in [0.2, 0.25) is 0 Å². The first-order chi connectivity index (χ1) is 17.6. The third-order valence-corrected chi connectivity index (χ3v) is 6.74. The first-order valence-corrected chi connectivity index (χ1v) is 12.6. The van der Waals surface area contributed by atoms with Gasteiger partial charge in [0.25, 0.3) is 0 Å². The molecule has 0 radical (unpaired) electrons. The van der Waals surface area contributed by atoms with E-state index in [1.54, 1.807) is 0 Å². The third-order valence-electron chi connectivity index (χ3n) is 6.74. The van der Waals surface area contributed by atoms with Gasteiger partial charge < -0.3 is 9.42 Å². The Hall–Kier alpha value is -3.77. The SMILES string of the molecule is Cc1ccc(-c2noc(CN3CCCC(C(=O)N(Cc4ccccc4)Cc4ccccc4)C3)n2)cc1. The molecule has 1 aromatic heterocycles. The highest BCUT2D eigenvalue weighted by atomic mass is 16.5. The predicted molar refractivity (Wildman–Crippen MR) is 140 cm³/mol. The number of benzene rings is 3. The molecule has 1 amide bonds. The van der Waals surface area contributed by atoms with Crippen molar-refractivity contribution in [2.75, 3.05) is 13.1 Å². The van der Waals surface area contributed by atoms with E-state index < -0.39 is 0 Å². The molecule has 2 heterocycles. The Labute approximate surface area is 212 Å². The Morgan fingerprint density at radius 3 is 2.22 bits per heavy atom. The zero-order valence-corrected chi connectivity index (χ0v) is 20.7. The minimum atomic E-state index is -0.0503. The molecule has 1 unspecified atom stereocenters. The van der Waals surface area contributed by atoms with Crippen molar-refractivity contribution in [1.29, 1.82) is 0 Å². The van der Waals surface area contributed by atoms with Crippen LogP contribution in [0.4, 0.5) is 0 Å². The maximum Gasteiger partial charge on any atom is 0.241 e. The Morgan fingerprint density at radius 1 is 0.944 bits per heavy atom. The van der Waals surface area contributed by atoms with Gasteiger partial charge in [-0.3, -0.25) is 9.69 Å². The normalized spacial score (nSPS) is 16.1. The van der Waals surface area contributed by atoms with Gasteiger partial charge in [0.15, 0.2) is 0 Å². The van der Waals surface area contributed by atoms with E-state index in [0.717, 1.165) is 36.1 Å². The maximum atomic E-state index is 13.8. The van der Waals surface area contributed by atoms with E-state index in [9.17, 15) is 4.79 Å². The third kappa shape index (κ3) is 6.07. The standard InChI is InChI=1S/C30H32N4O2/c1-23-14-16-26(17-15-23)29-31-28(36-32-29)22-33-18-8-13-27(21-33)30(35)34(19-24-9-4-2-5-10-24)20-25-11-6-3-7-12-25/h2-7,9-12,14-17,27H,8,13,18-22H2,1H3. The van der Waals surface area contributed by atoms with Gasteiger partial charge in [-0.2, -0.15) is 4.98 Å². The van der Waals surface area contributed by atoms with Crippen molar-refractivity contribution >= 4 is 5.91 Å². The van der Waals surface area contributed by atoms with E-state index in [0.29, 0.717) is 37.9 Å². The molecule has 1 fully saturated rings. The zero-order chi connectivity index (χ0) is 24.7. The number of likely N-dealkylation sites (tertiary alicyclic amines) is 1. The van der Waals surface area contributed by atoms with Gasteiger partial charge >= 0.3 is 0 Å². The van der Waals surface area contributed by atoms with E-state index in [1.165, 1.54) is 5.56 Å². The van der Waals surface area contributed by atoms with Crippen LogP contribution in [0.3, 0.4) is 0 Å². The lowest BCUT2D eigenvalue weighted by Crippen LogP contribution is -2.44. The van der Waals surface area contributed by atoms with Gasteiger partial charge in [-0.25, -0.2) is 0 Å². The lowest BCUT2D eigenvalue weighted by atomic mass is 9.96. The molecule has 0 N–H and O–H groups in total. The largest absolute Gasteiger partial charge is 0.338 e. The Bertz CT molecular complexity index is 1210. The van der Waals surface area contributed by atoms with Gasteiger partial charge in [-0.15, -0.1) is 0 Å². The lowest BCUT2D eigenvalue weighted by Gasteiger charge is -2.34. The zero-order valence-electron chi connectivity index (χ0n) is 20.7. The van der Waals surface area contributed by atoms with Crippen LogP contribution in [-0.4, -0.2) is 38.9 Å². The highest BCUT2D eigenvalue weighted by Crippen LogP contribution is 2.24. The Morgan fingerprint density at radius 2 is 1.58 bits per heavy atom. The van der Waals surface area contributed by atoms with E-state index in [1.807, 2.05) is 65.6 Å². The average Bonchev–Trinajstić information content (AvgIpc) is 3.38. The van der Waals surface area contributed by atoms with Crippen molar-refractivity contribution in [3.63, 3.8) is 0 Å². The lowest BCUT2D eigenvalue weighted by molar-refractivity contribution is -0.138. The number of hydrogen-bond donors (Lipinski definition) is 0. The van der Waals surface area contributed by atoms with Crippen molar-refractivity contribution < 1.29 is 9.32 Å². The summed E-state index contributed by atoms with van der Waals surface area (Å²) in [4.78, 5) is 22.6. The van der Waals surface area contributed by atoms with Crippen LogP contribution in [0.1, 0.15) is 35.4 Å². The smallest absolute Gasteiger partial charge is 0.241 e. The van der Waals surface area contributed by atoms with Gasteiger partial charge in [0.2, 0.25) is 17.6 Å². The molecule has 5 rings (SSSR count). The number of nitrogens with zero attached hydrogens (tertiary/aromatic N) is 4. The summed E-state index contributed by atoms with van der Waals surface area (Å²) >= 11 is 0. The summed E-state index contributed by atoms with van der Waals surface area (Å²) in [7, 11) is 0. The van der Waals surface area contributed by atoms with Crippen LogP contribution < -0.4 is 0 Å². The van der Waals surface area contributed by atoms with Crippen LogP contribution >= 0.6 is 0 Å². The van der Waals surface area contributed by atoms with Gasteiger partial charge in [0.05, 0.1) is 12.5 Å². The first-order valence-electron chi connectivity index (χ1n) is 12.6. The van der Waals surface area contributed by atoms with Gasteiger partial charge in [-0.1, -0.05) is 95.6 Å². The second kappa shape index (κ2) is 11.3. The molecule has 6 nitrogen and oxygen atoms in total. The number of aromatic nitrogens is 2. The van der Waals surface area contributed by atoms with Crippen molar-refractivity contribution in [2.24, 2.45) is 5.92 Å². The molecule has 1 atom stereocenters. The molecule has 0 saturated carbocycles. The Balaban J connectivity index is 1.26. The number of carbonyl (C=O) groups excluding carboxylic acids is 1. The molecular weight excluding hydrogens is 448 g/mol. The monoisotopic (exact) mass is 480 g/mol. The summed E-state index contributed by atoms with van der Waals surface area (Å²) in [5, 5.41) is 4.17. The number of rotatable bonds is 8. The van der Waals surface area contributed by atoms with E-state index >= 15 is 0 Å². The van der Waals surface area contributed by atoms with Crippen LogP contribution in [0.15, 0.2) is 89.5 Å². The molecule has 3 aromatic carbocycles. The number of carbonyl (C=O) groups is 1. The second-order valence-corrected chi connectivity index (χ2v) is 9.62. The number of hydrogen-bond acceptors (Lipinski definition) is 5. The van der Waals surface area contributed by atoms with Crippen molar-refractivity contribution in [1.82, 2.24) is 19.9 Å². The highest BCUT2D eigenvalue weighted by molar-refractivity contribution is 5.79. The molecule has 4 aromatic rings. The minimum Gasteiger partial charge on any atom is -0.338 e. The summed E-state index contributed by atoms with van der Waals surface area (Å²) in [6, 6.07) is 28.6. The number of aryl methyl sites for hydroxylation is 1. The summed E-state index contributed by atoms with van der Waals surface area (Å²) < 4.78 is 5.56. The van der Waals surface area contributed by atoms with E-state index in [2.05, 4.69) is 46.2 Å². The molecule has 0 aliphatic carbocycles. The van der Waals surface area contributed by atoms with Crippen molar-refractivity contribution in [2.45, 2.75) is 39.4 Å². The summed E-state index contributed by atoms with van der Waals surface area (Å²) in [5.74, 6) is 1.35. The molecular formula is C30H32N4O2. The van der Waals surface area contributed by atoms with Crippen molar-refractivity contribution in [3.8, 4) is 11.4 Å². The molecule has 1 aliphatic rings. The fraction of sp³-hybridized carbons (Fsp3) is 0.300. The second-order valence-electron chi connectivity index (χ2n) is 9.62. The fourth-order valence-electron chi connectivity index (χ4n) is 4.81. The molecule has 1 aliphatic heterocycles. The number of amides is 1. The minimum absolute atomic E-state index is 0.0503. The van der Waals surface area contributed by atoms with Gasteiger partial charge in [-0.05, 0) is 37.4 Å². The molecule has 36 heavy (non-hydrogen) atoms. The van der Waals surface area contributed by atoms with Crippen LogP contribution in [0, 0.1) is 12.8 Å². The fourth-order valence-corrected chi connectivity index (χ4v) is 4.81. The van der Waals surface area contributed by atoms with Gasteiger partial charge in [0, 0.05) is 25.2 Å².